The maximum absolute atomic E-state index is 12.1. The third-order valence-corrected chi connectivity index (χ3v) is 3.81. The van der Waals surface area contributed by atoms with Crippen LogP contribution in [0.4, 0.5) is 0 Å². The monoisotopic (exact) mass is 426 g/mol. The first kappa shape index (κ1) is 16.6. The highest BCUT2D eigenvalue weighted by atomic mass is 127. The van der Waals surface area contributed by atoms with E-state index < -0.39 is 0 Å². The van der Waals surface area contributed by atoms with Gasteiger partial charge in [-0.05, 0) is 58.5 Å². The number of carbonyl (C=O) groups is 1. The largest absolute Gasteiger partial charge is 0.479 e. The van der Waals surface area contributed by atoms with E-state index in [9.17, 15) is 4.79 Å². The van der Waals surface area contributed by atoms with E-state index in [2.05, 4.69) is 27.9 Å². The summed E-state index contributed by atoms with van der Waals surface area (Å²) in [5, 5.41) is 11.7. The third-order valence-electron chi connectivity index (χ3n) is 2.83. The molecule has 2 rings (SSSR count). The molecule has 1 amide bonds. The van der Waals surface area contributed by atoms with E-state index >= 15 is 0 Å². The van der Waals surface area contributed by atoms with Gasteiger partial charge in [0, 0.05) is 10.1 Å². The molecule has 22 heavy (non-hydrogen) atoms. The summed E-state index contributed by atoms with van der Waals surface area (Å²) < 4.78 is 6.20. The summed E-state index contributed by atoms with van der Waals surface area (Å²) in [6, 6.07) is 14.4. The molecule has 4 nitrogen and oxygen atoms in total. The molecular weight excluding hydrogens is 415 g/mol. The first-order valence-electron chi connectivity index (χ1n) is 6.42. The van der Waals surface area contributed by atoms with Gasteiger partial charge in [-0.25, -0.2) is 0 Å². The number of hydrogen-bond acceptors (Lipinski definition) is 3. The van der Waals surface area contributed by atoms with Crippen molar-refractivity contribution in [1.29, 1.82) is 5.26 Å². The van der Waals surface area contributed by atoms with E-state index in [1.165, 1.54) is 0 Å². The fourth-order valence-electron chi connectivity index (χ4n) is 1.81. The molecule has 2 aromatic rings. The Balaban J connectivity index is 2.00. The van der Waals surface area contributed by atoms with Crippen molar-refractivity contribution in [3.63, 3.8) is 0 Å². The van der Waals surface area contributed by atoms with Crippen LogP contribution in [0.1, 0.15) is 15.9 Å². The lowest BCUT2D eigenvalue weighted by molar-refractivity contribution is 0.0951. The topological polar surface area (TPSA) is 62.1 Å². The zero-order valence-electron chi connectivity index (χ0n) is 11.5. The molecule has 2 aromatic carbocycles. The molecule has 0 saturated heterocycles. The van der Waals surface area contributed by atoms with Crippen LogP contribution in [0.5, 0.6) is 5.75 Å². The second-order valence-electron chi connectivity index (χ2n) is 4.40. The molecule has 0 radical (unpaired) electrons. The number of nitrogens with zero attached hydrogens (tertiary/aromatic N) is 1. The van der Waals surface area contributed by atoms with Gasteiger partial charge in [0.2, 0.25) is 0 Å². The molecule has 0 aromatic heterocycles. The van der Waals surface area contributed by atoms with Crippen molar-refractivity contribution in [2.45, 2.75) is 6.54 Å². The Bertz CT molecular complexity index is 728. The lowest BCUT2D eigenvalue weighted by Crippen LogP contribution is -2.23. The predicted octanol–water partition coefficient (Wildman–Crippen LogP) is 3.78. The van der Waals surface area contributed by atoms with Gasteiger partial charge >= 0.3 is 0 Å². The van der Waals surface area contributed by atoms with E-state index in [4.69, 9.17) is 21.6 Å². The summed E-state index contributed by atoms with van der Waals surface area (Å²) in [6.07, 6.45) is 0. The predicted molar refractivity (Wildman–Crippen MR) is 92.9 cm³/mol. The zero-order valence-corrected chi connectivity index (χ0v) is 14.4. The Morgan fingerprint density at radius 1 is 1.32 bits per heavy atom. The molecular formula is C16H12ClIN2O2. The Morgan fingerprint density at radius 3 is 2.86 bits per heavy atom. The normalized spacial score (nSPS) is 9.86. The number of amides is 1. The lowest BCUT2D eigenvalue weighted by Gasteiger charge is -2.08. The van der Waals surface area contributed by atoms with Crippen LogP contribution in [0.15, 0.2) is 42.5 Å². The van der Waals surface area contributed by atoms with E-state index in [0.29, 0.717) is 22.9 Å². The van der Waals surface area contributed by atoms with Crippen LogP contribution in [0, 0.1) is 14.9 Å². The average Bonchev–Trinajstić information content (AvgIpc) is 2.51. The summed E-state index contributed by atoms with van der Waals surface area (Å²) in [5.74, 6) is 0.366. The molecule has 0 aliphatic carbocycles. The second kappa shape index (κ2) is 8.01. The van der Waals surface area contributed by atoms with Gasteiger partial charge in [0.15, 0.2) is 6.61 Å². The molecule has 0 heterocycles. The average molecular weight is 427 g/mol. The standard InChI is InChI=1S/C16H12ClIN2O2/c17-15-9-12(18)4-5-14(15)16(21)20-10-11-2-1-3-13(8-11)22-7-6-19/h1-5,8-9H,7,10H2,(H,20,21). The maximum Gasteiger partial charge on any atom is 0.253 e. The van der Waals surface area contributed by atoms with Crippen molar-refractivity contribution >= 4 is 40.1 Å². The van der Waals surface area contributed by atoms with Crippen LogP contribution in [0.2, 0.25) is 5.02 Å². The molecule has 0 bridgehead atoms. The fourth-order valence-corrected chi connectivity index (χ4v) is 2.75. The van der Waals surface area contributed by atoms with Crippen LogP contribution in [-0.2, 0) is 6.54 Å². The molecule has 0 unspecified atom stereocenters. The van der Waals surface area contributed by atoms with E-state index in [0.717, 1.165) is 9.13 Å². The van der Waals surface area contributed by atoms with Gasteiger partial charge in [0.25, 0.3) is 5.91 Å². The van der Waals surface area contributed by atoms with Crippen molar-refractivity contribution in [2.75, 3.05) is 6.61 Å². The van der Waals surface area contributed by atoms with E-state index in [1.807, 2.05) is 24.3 Å². The summed E-state index contributed by atoms with van der Waals surface area (Å²) in [5.41, 5.74) is 1.32. The van der Waals surface area contributed by atoms with Gasteiger partial charge in [-0.1, -0.05) is 23.7 Å². The van der Waals surface area contributed by atoms with Crippen LogP contribution in [0.25, 0.3) is 0 Å². The Hall–Kier alpha value is -1.78. The van der Waals surface area contributed by atoms with Crippen LogP contribution >= 0.6 is 34.2 Å². The molecule has 0 aliphatic rings. The molecule has 112 valence electrons. The molecule has 1 N–H and O–H groups in total. The van der Waals surface area contributed by atoms with E-state index in [-0.39, 0.29) is 12.5 Å². The van der Waals surface area contributed by atoms with Crippen LogP contribution < -0.4 is 10.1 Å². The summed E-state index contributed by atoms with van der Waals surface area (Å²) >= 11 is 8.21. The minimum atomic E-state index is -0.232. The zero-order chi connectivity index (χ0) is 15.9. The number of nitrogens with one attached hydrogen (secondary N) is 1. The highest BCUT2D eigenvalue weighted by Gasteiger charge is 2.10. The molecule has 6 heteroatoms. The van der Waals surface area contributed by atoms with Crippen molar-refractivity contribution in [2.24, 2.45) is 0 Å². The lowest BCUT2D eigenvalue weighted by atomic mass is 10.2. The van der Waals surface area contributed by atoms with Crippen molar-refractivity contribution in [3.05, 3.63) is 62.2 Å². The van der Waals surface area contributed by atoms with Crippen LogP contribution in [-0.4, -0.2) is 12.5 Å². The highest BCUT2D eigenvalue weighted by molar-refractivity contribution is 14.1. The number of carbonyl (C=O) groups excluding carboxylic acids is 1. The SMILES string of the molecule is N#CCOc1cccc(CNC(=O)c2ccc(I)cc2Cl)c1. The Kier molecular flexibility index (Phi) is 6.04. The first-order chi connectivity index (χ1) is 10.6. The number of nitriles is 1. The van der Waals surface area contributed by atoms with Gasteiger partial charge in [-0.2, -0.15) is 5.26 Å². The maximum atomic E-state index is 12.1. The second-order valence-corrected chi connectivity index (χ2v) is 6.05. The van der Waals surface area contributed by atoms with Crippen molar-refractivity contribution < 1.29 is 9.53 Å². The Morgan fingerprint density at radius 2 is 2.14 bits per heavy atom. The molecule has 0 spiro atoms. The number of rotatable bonds is 5. The van der Waals surface area contributed by atoms with Crippen molar-refractivity contribution in [1.82, 2.24) is 5.32 Å². The van der Waals surface area contributed by atoms with Gasteiger partial charge in [0.1, 0.15) is 11.8 Å². The number of benzene rings is 2. The highest BCUT2D eigenvalue weighted by Crippen LogP contribution is 2.19. The van der Waals surface area contributed by atoms with Crippen LogP contribution in [0.3, 0.4) is 0 Å². The van der Waals surface area contributed by atoms with Gasteiger partial charge in [0.05, 0.1) is 10.6 Å². The molecule has 0 saturated carbocycles. The number of halogens is 2. The summed E-state index contributed by atoms with van der Waals surface area (Å²) in [4.78, 5) is 12.1. The smallest absolute Gasteiger partial charge is 0.253 e. The minimum absolute atomic E-state index is 0.00588. The number of hydrogen-bond donors (Lipinski definition) is 1. The minimum Gasteiger partial charge on any atom is -0.479 e. The van der Waals surface area contributed by atoms with E-state index in [1.54, 1.807) is 24.3 Å². The molecule has 0 fully saturated rings. The van der Waals surface area contributed by atoms with Gasteiger partial charge in [-0.3, -0.25) is 4.79 Å². The summed E-state index contributed by atoms with van der Waals surface area (Å²) in [7, 11) is 0. The molecule has 0 atom stereocenters. The molecule has 0 aliphatic heterocycles. The number of ether oxygens (including phenoxy) is 1. The van der Waals surface area contributed by atoms with Gasteiger partial charge in [-0.15, -0.1) is 0 Å². The quantitative estimate of drug-likeness (QED) is 0.740. The van der Waals surface area contributed by atoms with Crippen molar-refractivity contribution in [3.8, 4) is 11.8 Å². The summed E-state index contributed by atoms with van der Waals surface area (Å²) in [6.45, 7) is 0.346. The first-order valence-corrected chi connectivity index (χ1v) is 7.88. The Labute approximate surface area is 147 Å². The van der Waals surface area contributed by atoms with Gasteiger partial charge < -0.3 is 10.1 Å². The third kappa shape index (κ3) is 4.61. The fraction of sp³-hybridized carbons (Fsp3) is 0.125.